The fourth-order valence-corrected chi connectivity index (χ4v) is 9.59. The van der Waals surface area contributed by atoms with Crippen molar-refractivity contribution in [2.45, 2.75) is 0 Å². The van der Waals surface area contributed by atoms with Crippen molar-refractivity contribution < 1.29 is 19.2 Å². The molecule has 0 atom stereocenters. The average Bonchev–Trinajstić information content (AvgIpc) is 2.72. The Morgan fingerprint density at radius 3 is 0.964 bits per heavy atom. The van der Waals surface area contributed by atoms with E-state index in [2.05, 4.69) is 40.2 Å². The summed E-state index contributed by atoms with van der Waals surface area (Å²) in [6, 6.07) is 7.01. The van der Waals surface area contributed by atoms with Gasteiger partial charge in [-0.05, 0) is 0 Å². The molecule has 0 fully saturated rings. The second-order valence-corrected chi connectivity index (χ2v) is 14.2. The van der Waals surface area contributed by atoms with Gasteiger partial charge in [-0.1, -0.05) is 0 Å². The van der Waals surface area contributed by atoms with Crippen molar-refractivity contribution in [1.29, 1.82) is 0 Å². The van der Waals surface area contributed by atoms with Crippen LogP contribution in [0.1, 0.15) is 0 Å². The van der Waals surface area contributed by atoms with E-state index in [9.17, 15) is 19.2 Å². The van der Waals surface area contributed by atoms with E-state index in [0.717, 1.165) is 31.3 Å². The molecule has 8 nitrogen and oxygen atoms in total. The molecule has 146 valence electrons. The van der Waals surface area contributed by atoms with Gasteiger partial charge in [0.1, 0.15) is 0 Å². The summed E-state index contributed by atoms with van der Waals surface area (Å²) in [7, 11) is 0. The first-order chi connectivity index (χ1) is 13.3. The monoisotopic (exact) mass is 598 g/mol. The van der Waals surface area contributed by atoms with Crippen LogP contribution in [0.5, 0.6) is 0 Å². The van der Waals surface area contributed by atoms with Gasteiger partial charge in [0, 0.05) is 0 Å². The average molecular weight is 600 g/mol. The number of carbonyl (C=O) groups excluding carboxylic acids is 4. The number of hydrogen-bond acceptors (Lipinski definition) is 4. The van der Waals surface area contributed by atoms with Crippen LogP contribution in [0, 0.1) is 0 Å². The first-order valence-corrected chi connectivity index (χ1v) is 15.4. The third-order valence-electron chi connectivity index (χ3n) is 3.00. The summed E-state index contributed by atoms with van der Waals surface area (Å²) in [6.45, 7) is 13.6. The van der Waals surface area contributed by atoms with Crippen molar-refractivity contribution in [2.75, 3.05) is 0 Å². The zero-order valence-corrected chi connectivity index (χ0v) is 20.1. The molecule has 1 aromatic rings. The molecule has 0 aliphatic heterocycles. The number of carbonyl (C=O) groups is 4. The quantitative estimate of drug-likeness (QED) is 0.189. The summed E-state index contributed by atoms with van der Waals surface area (Å²) in [5.41, 5.74) is 0. The molecule has 0 aromatic heterocycles. The third-order valence-corrected chi connectivity index (χ3v) is 12.7. The Kier molecular flexibility index (Phi) is 10.4. The van der Waals surface area contributed by atoms with Crippen LogP contribution in [0.2, 0.25) is 0 Å². The number of hydrogen-bond donors (Lipinski definition) is 4. The molecule has 0 unspecified atom stereocenters. The zero-order valence-electron chi connectivity index (χ0n) is 15.0. The predicted octanol–water partition coefficient (Wildman–Crippen LogP) is -1.71. The van der Waals surface area contributed by atoms with Crippen molar-refractivity contribution in [2.24, 2.45) is 0 Å². The Balaban J connectivity index is 3.12. The maximum atomic E-state index is 11.7. The first-order valence-electron chi connectivity index (χ1n) is 7.77. The molecule has 4 amide bonds. The van der Waals surface area contributed by atoms with E-state index < -0.39 is 41.5 Å². The second-order valence-electron chi connectivity index (χ2n) is 4.91. The maximum absolute atomic E-state index is 11.7. The van der Waals surface area contributed by atoms with Crippen LogP contribution >= 0.6 is 0 Å². The summed E-state index contributed by atoms with van der Waals surface area (Å²) < 4.78 is 12.6. The van der Waals surface area contributed by atoms with Crippen LogP contribution in [0.4, 0.5) is 0 Å². The number of benzene rings is 1. The van der Waals surface area contributed by atoms with Crippen LogP contribution in [-0.4, -0.2) is 65.2 Å². The van der Waals surface area contributed by atoms with Gasteiger partial charge in [0.25, 0.3) is 0 Å². The Bertz CT molecular complexity index is 697. The molecule has 1 aromatic carbocycles. The van der Waals surface area contributed by atoms with Crippen molar-refractivity contribution in [3.63, 3.8) is 0 Å². The Hall–Kier alpha value is -2.30. The molecule has 0 radical (unpaired) electrons. The minimum atomic E-state index is -2.90. The van der Waals surface area contributed by atoms with E-state index in [4.69, 9.17) is 0 Å². The molecule has 0 saturated heterocycles. The van der Waals surface area contributed by atoms with Gasteiger partial charge in [0.05, 0.1) is 0 Å². The number of amides is 4. The summed E-state index contributed by atoms with van der Waals surface area (Å²) in [5, 5.41) is 0. The first kappa shape index (κ1) is 23.7. The molecule has 0 spiro atoms. The summed E-state index contributed by atoms with van der Waals surface area (Å²) in [6.07, 6.45) is 4.53. The van der Waals surface area contributed by atoms with E-state index in [1.165, 1.54) is 0 Å². The molecule has 0 aliphatic rings. The summed E-state index contributed by atoms with van der Waals surface area (Å²) >= 11 is -5.80. The van der Waals surface area contributed by atoms with Crippen molar-refractivity contribution in [3.05, 3.63) is 74.9 Å². The fraction of sp³-hybridized carbons (Fsp3) is 0. The Labute approximate surface area is 179 Å². The van der Waals surface area contributed by atoms with Crippen LogP contribution in [0.25, 0.3) is 0 Å². The van der Waals surface area contributed by atoms with E-state index >= 15 is 0 Å². The van der Waals surface area contributed by atoms with E-state index in [0.29, 0.717) is 0 Å². The molecule has 0 bridgehead atoms. The van der Waals surface area contributed by atoms with Crippen LogP contribution in [-0.2, 0) is 19.2 Å². The molecule has 4 N–H and O–H groups in total. The molecule has 1 rings (SSSR count). The normalized spacial score (nSPS) is 9.79. The SMILES string of the molecule is C=CC(=O)[NH][Sb]([NH]C(=O)C=C)[c]1cc[c]([Sb]([NH]C(=O)C=C)[NH]C(=O)C=C)cc1. The molecule has 0 heterocycles. The topological polar surface area (TPSA) is 116 Å². The minimum absolute atomic E-state index is 0.386. The standard InChI is InChI=1S/C6H4.4C3H5NO.2Sb/c1-2-4-6-5-3-1;4*1-2-3(4)5;;/h1-2,5-6H;4*2H,1H2,(H2,4,5);;/q;;;;;2*+2/p-4. The van der Waals surface area contributed by atoms with Crippen molar-refractivity contribution in [1.82, 2.24) is 13.9 Å². The molecular weight excluding hydrogens is 580 g/mol. The van der Waals surface area contributed by atoms with E-state index in [1.807, 2.05) is 0 Å². The second kappa shape index (κ2) is 12.2. The van der Waals surface area contributed by atoms with Gasteiger partial charge in [-0.3, -0.25) is 0 Å². The van der Waals surface area contributed by atoms with Crippen molar-refractivity contribution in [3.8, 4) is 0 Å². The van der Waals surface area contributed by atoms with Crippen LogP contribution in [0.3, 0.4) is 0 Å². The third kappa shape index (κ3) is 7.75. The van der Waals surface area contributed by atoms with E-state index in [1.54, 1.807) is 24.3 Å². The number of rotatable bonds is 10. The molecule has 28 heavy (non-hydrogen) atoms. The van der Waals surface area contributed by atoms with Gasteiger partial charge < -0.3 is 0 Å². The van der Waals surface area contributed by atoms with Crippen LogP contribution < -0.4 is 20.9 Å². The Morgan fingerprint density at radius 1 is 0.571 bits per heavy atom. The van der Waals surface area contributed by atoms with Gasteiger partial charge in [0.15, 0.2) is 0 Å². The van der Waals surface area contributed by atoms with Gasteiger partial charge in [-0.2, -0.15) is 0 Å². The van der Waals surface area contributed by atoms with Gasteiger partial charge in [0.2, 0.25) is 0 Å². The molecule has 10 heteroatoms. The zero-order chi connectivity index (χ0) is 21.1. The van der Waals surface area contributed by atoms with Crippen LogP contribution in [0.15, 0.2) is 74.9 Å². The molecular formula is C18H20N4O4Sb2. The summed E-state index contributed by atoms with van der Waals surface area (Å²) in [4.78, 5) is 46.7. The Morgan fingerprint density at radius 2 is 0.786 bits per heavy atom. The summed E-state index contributed by atoms with van der Waals surface area (Å²) in [5.74, 6) is -1.54. The van der Waals surface area contributed by atoms with Crippen molar-refractivity contribution >= 4 is 72.2 Å². The van der Waals surface area contributed by atoms with E-state index in [-0.39, 0.29) is 23.6 Å². The van der Waals surface area contributed by atoms with Gasteiger partial charge in [-0.25, -0.2) is 0 Å². The number of nitrogens with one attached hydrogen (secondary N) is 4. The molecule has 0 saturated carbocycles. The predicted molar refractivity (Wildman–Crippen MR) is 111 cm³/mol. The molecule has 0 aliphatic carbocycles. The van der Waals surface area contributed by atoms with Gasteiger partial charge >= 0.3 is 180 Å². The van der Waals surface area contributed by atoms with Gasteiger partial charge in [-0.15, -0.1) is 0 Å². The fourth-order valence-electron chi connectivity index (χ4n) is 1.69.